The van der Waals surface area contributed by atoms with Crippen molar-refractivity contribution in [3.63, 3.8) is 0 Å². The van der Waals surface area contributed by atoms with Crippen molar-refractivity contribution in [1.82, 2.24) is 15.1 Å². The molecule has 3 aliphatic rings. The smallest absolute Gasteiger partial charge is 0.234 e. The minimum atomic E-state index is 0.140. The van der Waals surface area contributed by atoms with Crippen LogP contribution in [0.3, 0.4) is 0 Å². The van der Waals surface area contributed by atoms with Crippen LogP contribution < -0.4 is 11.1 Å². The van der Waals surface area contributed by atoms with Gasteiger partial charge in [0, 0.05) is 44.7 Å². The zero-order chi connectivity index (χ0) is 18.5. The topological polar surface area (TPSA) is 78.7 Å². The van der Waals surface area contributed by atoms with Crippen LogP contribution >= 0.6 is 0 Å². The first-order valence-corrected chi connectivity index (χ1v) is 10.6. The van der Waals surface area contributed by atoms with Crippen LogP contribution in [0.4, 0.5) is 0 Å². The number of amides is 2. The Balaban J connectivity index is 1.34. The van der Waals surface area contributed by atoms with Gasteiger partial charge in [-0.3, -0.25) is 14.5 Å². The molecule has 0 radical (unpaired) electrons. The van der Waals surface area contributed by atoms with Crippen LogP contribution in [-0.2, 0) is 9.59 Å². The van der Waals surface area contributed by atoms with Gasteiger partial charge in [0.15, 0.2) is 0 Å². The first-order valence-electron chi connectivity index (χ1n) is 10.6. The third-order valence-corrected chi connectivity index (χ3v) is 6.63. The van der Waals surface area contributed by atoms with E-state index in [2.05, 4.69) is 17.1 Å². The Bertz CT molecular complexity index is 482. The normalized spacial score (nSPS) is 33.2. The summed E-state index contributed by atoms with van der Waals surface area (Å²) >= 11 is 0. The molecule has 3 N–H and O–H groups in total. The van der Waals surface area contributed by atoms with Gasteiger partial charge in [0.25, 0.3) is 0 Å². The zero-order valence-electron chi connectivity index (χ0n) is 16.3. The van der Waals surface area contributed by atoms with Crippen LogP contribution in [-0.4, -0.2) is 66.4 Å². The van der Waals surface area contributed by atoms with E-state index in [1.807, 2.05) is 4.90 Å². The van der Waals surface area contributed by atoms with Gasteiger partial charge in [0.05, 0.1) is 6.54 Å². The summed E-state index contributed by atoms with van der Waals surface area (Å²) in [6, 6.07) is 0.559. The number of hydrogen-bond donors (Lipinski definition) is 2. The van der Waals surface area contributed by atoms with Gasteiger partial charge in [-0.1, -0.05) is 13.3 Å². The molecule has 0 unspecified atom stereocenters. The fourth-order valence-corrected chi connectivity index (χ4v) is 4.71. The number of rotatable bonds is 5. The Morgan fingerprint density at radius 1 is 1.00 bits per heavy atom. The SMILES string of the molecule is CC1CCC(NC(=O)CN2CCN(C(=O)C[C@@H]3CCC[C@H]3N)CC2)CC1. The first kappa shape index (κ1) is 19.6. The number of hydrogen-bond acceptors (Lipinski definition) is 4. The summed E-state index contributed by atoms with van der Waals surface area (Å²) in [7, 11) is 0. The monoisotopic (exact) mass is 364 g/mol. The molecule has 6 nitrogen and oxygen atoms in total. The molecule has 0 aromatic rings. The van der Waals surface area contributed by atoms with E-state index in [1.165, 1.54) is 12.8 Å². The predicted octanol–water partition coefficient (Wildman–Crippen LogP) is 1.34. The van der Waals surface area contributed by atoms with E-state index in [0.717, 1.165) is 64.2 Å². The lowest BCUT2D eigenvalue weighted by Gasteiger charge is -2.35. The average molecular weight is 365 g/mol. The molecule has 2 atom stereocenters. The van der Waals surface area contributed by atoms with Crippen molar-refractivity contribution in [2.75, 3.05) is 32.7 Å². The van der Waals surface area contributed by atoms with Crippen LogP contribution in [0.15, 0.2) is 0 Å². The van der Waals surface area contributed by atoms with Gasteiger partial charge < -0.3 is 16.0 Å². The summed E-state index contributed by atoms with van der Waals surface area (Å²) in [5.41, 5.74) is 6.09. The van der Waals surface area contributed by atoms with E-state index in [1.54, 1.807) is 0 Å². The maximum absolute atomic E-state index is 12.5. The Morgan fingerprint density at radius 3 is 2.31 bits per heavy atom. The first-order chi connectivity index (χ1) is 12.5. The Hall–Kier alpha value is -1.14. The molecule has 0 spiro atoms. The summed E-state index contributed by atoms with van der Waals surface area (Å²) in [6.45, 7) is 5.79. The standard InChI is InChI=1S/C20H36N4O2/c1-15-5-7-17(8-6-15)22-19(25)14-23-9-11-24(12-10-23)20(26)13-16-3-2-4-18(16)21/h15-18H,2-14,21H2,1H3,(H,22,25)/t15?,16-,17?,18+/m0/s1. The lowest BCUT2D eigenvalue weighted by Crippen LogP contribution is -2.52. The molecule has 2 aliphatic carbocycles. The molecule has 2 saturated carbocycles. The molecule has 26 heavy (non-hydrogen) atoms. The number of carbonyl (C=O) groups is 2. The molecular weight excluding hydrogens is 328 g/mol. The fraction of sp³-hybridized carbons (Fsp3) is 0.900. The molecule has 1 saturated heterocycles. The number of nitrogens with two attached hydrogens (primary N) is 1. The maximum Gasteiger partial charge on any atom is 0.234 e. The molecule has 1 heterocycles. The van der Waals surface area contributed by atoms with Gasteiger partial charge in [-0.25, -0.2) is 0 Å². The van der Waals surface area contributed by atoms with E-state index in [0.29, 0.717) is 24.9 Å². The minimum absolute atomic E-state index is 0.140. The molecule has 0 aromatic heterocycles. The predicted molar refractivity (Wildman–Crippen MR) is 103 cm³/mol. The largest absolute Gasteiger partial charge is 0.352 e. The van der Waals surface area contributed by atoms with Gasteiger partial charge in [-0.05, 0) is 50.4 Å². The third-order valence-electron chi connectivity index (χ3n) is 6.63. The van der Waals surface area contributed by atoms with Gasteiger partial charge in [0.1, 0.15) is 0 Å². The summed E-state index contributed by atoms with van der Waals surface area (Å²) in [4.78, 5) is 28.9. The Morgan fingerprint density at radius 2 is 1.69 bits per heavy atom. The van der Waals surface area contributed by atoms with E-state index in [-0.39, 0.29) is 17.9 Å². The van der Waals surface area contributed by atoms with E-state index in [9.17, 15) is 9.59 Å². The molecule has 2 amide bonds. The molecule has 148 valence electrons. The van der Waals surface area contributed by atoms with Crippen molar-refractivity contribution >= 4 is 11.8 Å². The number of carbonyl (C=O) groups excluding carboxylic acids is 2. The molecule has 3 fully saturated rings. The summed E-state index contributed by atoms with van der Waals surface area (Å²) in [6.07, 6.45) is 8.56. The summed E-state index contributed by atoms with van der Waals surface area (Å²) < 4.78 is 0. The van der Waals surface area contributed by atoms with Crippen molar-refractivity contribution in [2.45, 2.75) is 70.4 Å². The average Bonchev–Trinajstić information content (AvgIpc) is 3.02. The van der Waals surface area contributed by atoms with Crippen molar-refractivity contribution in [3.05, 3.63) is 0 Å². The van der Waals surface area contributed by atoms with Crippen LogP contribution in [0.1, 0.15) is 58.3 Å². The molecule has 0 bridgehead atoms. The van der Waals surface area contributed by atoms with Crippen LogP contribution in [0.2, 0.25) is 0 Å². The number of nitrogens with one attached hydrogen (secondary N) is 1. The van der Waals surface area contributed by atoms with Crippen LogP contribution in [0.25, 0.3) is 0 Å². The Kier molecular flexibility index (Phi) is 6.92. The van der Waals surface area contributed by atoms with Crippen molar-refractivity contribution < 1.29 is 9.59 Å². The van der Waals surface area contributed by atoms with E-state index in [4.69, 9.17) is 5.73 Å². The molecule has 1 aliphatic heterocycles. The zero-order valence-corrected chi connectivity index (χ0v) is 16.3. The second-order valence-corrected chi connectivity index (χ2v) is 8.74. The molecule has 6 heteroatoms. The second kappa shape index (κ2) is 9.18. The highest BCUT2D eigenvalue weighted by Gasteiger charge is 2.29. The lowest BCUT2D eigenvalue weighted by atomic mass is 9.87. The fourth-order valence-electron chi connectivity index (χ4n) is 4.71. The minimum Gasteiger partial charge on any atom is -0.352 e. The second-order valence-electron chi connectivity index (χ2n) is 8.74. The quantitative estimate of drug-likeness (QED) is 0.772. The lowest BCUT2D eigenvalue weighted by molar-refractivity contribution is -0.134. The van der Waals surface area contributed by atoms with Gasteiger partial charge in [-0.2, -0.15) is 0 Å². The maximum atomic E-state index is 12.5. The van der Waals surface area contributed by atoms with E-state index >= 15 is 0 Å². The van der Waals surface area contributed by atoms with Crippen molar-refractivity contribution in [1.29, 1.82) is 0 Å². The van der Waals surface area contributed by atoms with Gasteiger partial charge in [0.2, 0.25) is 11.8 Å². The van der Waals surface area contributed by atoms with Crippen molar-refractivity contribution in [2.24, 2.45) is 17.6 Å². The third kappa shape index (κ3) is 5.43. The van der Waals surface area contributed by atoms with E-state index < -0.39 is 0 Å². The number of nitrogens with zero attached hydrogens (tertiary/aromatic N) is 2. The number of piperazine rings is 1. The highest BCUT2D eigenvalue weighted by atomic mass is 16.2. The molecule has 0 aromatic carbocycles. The highest BCUT2D eigenvalue weighted by molar-refractivity contribution is 5.78. The summed E-state index contributed by atoms with van der Waals surface area (Å²) in [5.74, 6) is 1.55. The van der Waals surface area contributed by atoms with Crippen LogP contribution in [0.5, 0.6) is 0 Å². The van der Waals surface area contributed by atoms with Gasteiger partial charge in [-0.15, -0.1) is 0 Å². The van der Waals surface area contributed by atoms with Crippen LogP contribution in [0, 0.1) is 11.8 Å². The molecular formula is C20H36N4O2. The Labute approximate surface area is 157 Å². The summed E-state index contributed by atoms with van der Waals surface area (Å²) in [5, 5.41) is 3.20. The van der Waals surface area contributed by atoms with Gasteiger partial charge >= 0.3 is 0 Å². The molecule has 3 rings (SSSR count). The van der Waals surface area contributed by atoms with Crippen molar-refractivity contribution in [3.8, 4) is 0 Å². The highest BCUT2D eigenvalue weighted by Crippen LogP contribution is 2.27.